The van der Waals surface area contributed by atoms with Crippen molar-refractivity contribution in [1.82, 2.24) is 15.0 Å². The lowest BCUT2D eigenvalue weighted by Crippen LogP contribution is -2.00. The van der Waals surface area contributed by atoms with Crippen LogP contribution in [0.1, 0.15) is 16.7 Å². The van der Waals surface area contributed by atoms with E-state index in [0.717, 1.165) is 16.7 Å². The monoisotopic (exact) mass is 367 g/mol. The Morgan fingerprint density at radius 2 is 1.11 bits per heavy atom. The summed E-state index contributed by atoms with van der Waals surface area (Å²) in [5.41, 5.74) is 5.34. The average molecular weight is 367 g/mol. The maximum absolute atomic E-state index is 5.97. The van der Waals surface area contributed by atoms with Crippen molar-refractivity contribution in [2.45, 2.75) is 20.8 Å². The molecule has 3 aromatic carbocycles. The average Bonchev–Trinajstić information content (AvgIpc) is 2.69. The van der Waals surface area contributed by atoms with Crippen molar-refractivity contribution in [3.63, 3.8) is 0 Å². The van der Waals surface area contributed by atoms with Gasteiger partial charge in [-0.25, -0.2) is 4.98 Å². The van der Waals surface area contributed by atoms with Crippen molar-refractivity contribution >= 4 is 0 Å². The molecule has 4 rings (SSSR count). The Labute approximate surface area is 164 Å². The Kier molecular flexibility index (Phi) is 4.85. The van der Waals surface area contributed by atoms with E-state index in [1.807, 2.05) is 79.7 Å². The number of benzene rings is 3. The van der Waals surface area contributed by atoms with Gasteiger partial charge >= 0.3 is 6.01 Å². The molecular formula is C24H21N3O. The standard InChI is InChI=1S/C24H21N3O/c1-16-7-11-19(12-8-16)22-25-23(20-13-9-17(2)10-14-20)27-24(26-22)28-21-6-4-5-18(3)15-21/h4-15H,1-3H3. The van der Waals surface area contributed by atoms with Crippen LogP contribution in [-0.2, 0) is 0 Å². The molecular weight excluding hydrogens is 346 g/mol. The minimum absolute atomic E-state index is 0.284. The first-order valence-corrected chi connectivity index (χ1v) is 9.21. The van der Waals surface area contributed by atoms with Crippen molar-refractivity contribution in [3.8, 4) is 34.5 Å². The third kappa shape index (κ3) is 4.07. The molecule has 0 aliphatic heterocycles. The predicted octanol–water partition coefficient (Wildman–Crippen LogP) is 5.92. The van der Waals surface area contributed by atoms with E-state index in [1.165, 1.54) is 11.1 Å². The van der Waals surface area contributed by atoms with Gasteiger partial charge in [-0.15, -0.1) is 0 Å². The second-order valence-electron chi connectivity index (χ2n) is 6.92. The topological polar surface area (TPSA) is 47.9 Å². The van der Waals surface area contributed by atoms with Crippen molar-refractivity contribution in [3.05, 3.63) is 89.5 Å². The minimum atomic E-state index is 0.284. The first-order chi connectivity index (χ1) is 13.6. The number of hydrogen-bond donors (Lipinski definition) is 0. The molecule has 0 bridgehead atoms. The van der Waals surface area contributed by atoms with Gasteiger partial charge in [0.2, 0.25) is 0 Å². The first kappa shape index (κ1) is 17.9. The van der Waals surface area contributed by atoms with Crippen LogP contribution < -0.4 is 4.74 Å². The van der Waals surface area contributed by atoms with Crippen molar-refractivity contribution in [2.24, 2.45) is 0 Å². The van der Waals surface area contributed by atoms with Gasteiger partial charge in [0.05, 0.1) is 0 Å². The summed E-state index contributed by atoms with van der Waals surface area (Å²) in [6.07, 6.45) is 0. The summed E-state index contributed by atoms with van der Waals surface area (Å²) in [4.78, 5) is 13.8. The fraction of sp³-hybridized carbons (Fsp3) is 0.125. The highest BCUT2D eigenvalue weighted by atomic mass is 16.5. The van der Waals surface area contributed by atoms with E-state index in [0.29, 0.717) is 17.4 Å². The minimum Gasteiger partial charge on any atom is -0.424 e. The van der Waals surface area contributed by atoms with Crippen molar-refractivity contribution in [1.29, 1.82) is 0 Å². The molecule has 4 heteroatoms. The summed E-state index contributed by atoms with van der Waals surface area (Å²) in [5, 5.41) is 0. The molecule has 0 radical (unpaired) electrons. The fourth-order valence-corrected chi connectivity index (χ4v) is 2.85. The molecule has 1 heterocycles. The molecule has 0 fully saturated rings. The van der Waals surface area contributed by atoms with Gasteiger partial charge in [0, 0.05) is 11.1 Å². The van der Waals surface area contributed by atoms with E-state index in [9.17, 15) is 0 Å². The van der Waals surface area contributed by atoms with E-state index in [4.69, 9.17) is 9.72 Å². The van der Waals surface area contributed by atoms with E-state index in [-0.39, 0.29) is 6.01 Å². The third-order valence-corrected chi connectivity index (χ3v) is 4.43. The smallest absolute Gasteiger partial charge is 0.326 e. The van der Waals surface area contributed by atoms with Gasteiger partial charge < -0.3 is 4.74 Å². The summed E-state index contributed by atoms with van der Waals surface area (Å²) in [5.74, 6) is 1.89. The lowest BCUT2D eigenvalue weighted by molar-refractivity contribution is 0.441. The Hall–Kier alpha value is -3.53. The van der Waals surface area contributed by atoms with Crippen LogP contribution in [-0.4, -0.2) is 15.0 Å². The number of hydrogen-bond acceptors (Lipinski definition) is 4. The summed E-state index contributed by atoms with van der Waals surface area (Å²) in [6, 6.07) is 24.4. The van der Waals surface area contributed by atoms with Gasteiger partial charge in [-0.2, -0.15) is 9.97 Å². The second kappa shape index (κ2) is 7.61. The van der Waals surface area contributed by atoms with Crippen LogP contribution in [0.15, 0.2) is 72.8 Å². The van der Waals surface area contributed by atoms with E-state index in [2.05, 4.69) is 23.8 Å². The first-order valence-electron chi connectivity index (χ1n) is 9.21. The number of rotatable bonds is 4. The third-order valence-electron chi connectivity index (χ3n) is 4.43. The summed E-state index contributed by atoms with van der Waals surface area (Å²) in [7, 11) is 0. The van der Waals surface area contributed by atoms with Crippen LogP contribution in [0, 0.1) is 20.8 Å². The molecule has 0 unspecified atom stereocenters. The molecule has 1 aromatic heterocycles. The van der Waals surface area contributed by atoms with Gasteiger partial charge in [-0.05, 0) is 38.5 Å². The number of aromatic nitrogens is 3. The van der Waals surface area contributed by atoms with Crippen molar-refractivity contribution < 1.29 is 4.74 Å². The molecule has 0 spiro atoms. The molecule has 0 amide bonds. The van der Waals surface area contributed by atoms with Crippen LogP contribution in [0.25, 0.3) is 22.8 Å². The largest absolute Gasteiger partial charge is 0.424 e. The lowest BCUT2D eigenvalue weighted by atomic mass is 10.1. The Bertz CT molecular complexity index is 1040. The number of nitrogens with zero attached hydrogens (tertiary/aromatic N) is 3. The fourth-order valence-electron chi connectivity index (χ4n) is 2.85. The second-order valence-corrected chi connectivity index (χ2v) is 6.92. The zero-order valence-corrected chi connectivity index (χ0v) is 16.2. The van der Waals surface area contributed by atoms with Crippen molar-refractivity contribution in [2.75, 3.05) is 0 Å². The highest BCUT2D eigenvalue weighted by Crippen LogP contribution is 2.26. The Balaban J connectivity index is 1.80. The zero-order valence-electron chi connectivity index (χ0n) is 16.2. The molecule has 0 saturated carbocycles. The maximum Gasteiger partial charge on any atom is 0.326 e. The number of aryl methyl sites for hydroxylation is 3. The lowest BCUT2D eigenvalue weighted by Gasteiger charge is -2.09. The van der Waals surface area contributed by atoms with Crippen LogP contribution >= 0.6 is 0 Å². The van der Waals surface area contributed by atoms with Crippen LogP contribution in [0.3, 0.4) is 0 Å². The molecule has 0 atom stereocenters. The molecule has 4 nitrogen and oxygen atoms in total. The van der Waals surface area contributed by atoms with E-state index in [1.54, 1.807) is 0 Å². The normalized spacial score (nSPS) is 10.7. The van der Waals surface area contributed by atoms with E-state index >= 15 is 0 Å². The SMILES string of the molecule is Cc1ccc(-c2nc(Oc3cccc(C)c3)nc(-c3ccc(C)cc3)n2)cc1. The summed E-state index contributed by atoms with van der Waals surface area (Å²) < 4.78 is 5.97. The quantitative estimate of drug-likeness (QED) is 0.449. The molecule has 28 heavy (non-hydrogen) atoms. The van der Waals surface area contributed by atoms with Gasteiger partial charge in [0.15, 0.2) is 11.6 Å². The van der Waals surface area contributed by atoms with Crippen LogP contribution in [0.5, 0.6) is 11.8 Å². The predicted molar refractivity (Wildman–Crippen MR) is 111 cm³/mol. The highest BCUT2D eigenvalue weighted by molar-refractivity contribution is 5.62. The summed E-state index contributed by atoms with van der Waals surface area (Å²) >= 11 is 0. The molecule has 0 aliphatic rings. The van der Waals surface area contributed by atoms with Crippen LogP contribution in [0.4, 0.5) is 0 Å². The van der Waals surface area contributed by atoms with Gasteiger partial charge in [-0.3, -0.25) is 0 Å². The van der Waals surface area contributed by atoms with Gasteiger partial charge in [0.1, 0.15) is 5.75 Å². The molecule has 138 valence electrons. The molecule has 4 aromatic rings. The maximum atomic E-state index is 5.97. The molecule has 0 aliphatic carbocycles. The number of ether oxygens (including phenoxy) is 1. The molecule has 0 saturated heterocycles. The van der Waals surface area contributed by atoms with E-state index < -0.39 is 0 Å². The zero-order chi connectivity index (χ0) is 19.5. The Morgan fingerprint density at radius 1 is 0.571 bits per heavy atom. The van der Waals surface area contributed by atoms with Gasteiger partial charge in [-0.1, -0.05) is 71.8 Å². The highest BCUT2D eigenvalue weighted by Gasteiger charge is 2.12. The van der Waals surface area contributed by atoms with Gasteiger partial charge in [0.25, 0.3) is 0 Å². The summed E-state index contributed by atoms with van der Waals surface area (Å²) in [6.45, 7) is 6.14. The molecule has 0 N–H and O–H groups in total. The Morgan fingerprint density at radius 3 is 1.61 bits per heavy atom. The van der Waals surface area contributed by atoms with Crippen LogP contribution in [0.2, 0.25) is 0 Å².